The normalized spacial score (nSPS) is 17.4. The monoisotopic (exact) mass is 456 g/mol. The number of hydrogen-bond donors (Lipinski definition) is 1. The summed E-state index contributed by atoms with van der Waals surface area (Å²) < 4.78 is 4.57. The standard InChI is InChI=1S/C13H21N3O.C12H19N3O/c1-4-11(7-10(2)17)13-14-8-12-9-15(3)5-6-16(12)13;1-3-10(6-9(2)16)12-14-8-11-7-13-4-5-15(11)12/h8,11H,4-7,9H2,1-3H3;8,10,13H,3-7H2,1-2H3. The summed E-state index contributed by atoms with van der Waals surface area (Å²) in [6.07, 6.45) is 7.08. The second-order valence-corrected chi connectivity index (χ2v) is 9.46. The van der Waals surface area contributed by atoms with Crippen LogP contribution in [-0.2, 0) is 35.8 Å². The number of aromatic nitrogens is 4. The topological polar surface area (TPSA) is 85.1 Å². The number of rotatable bonds is 8. The Bertz CT molecular complexity index is 947. The molecule has 2 atom stereocenters. The van der Waals surface area contributed by atoms with Crippen molar-refractivity contribution < 1.29 is 9.59 Å². The van der Waals surface area contributed by atoms with Crippen LogP contribution in [0.15, 0.2) is 12.4 Å². The fraction of sp³-hybridized carbons (Fsp3) is 0.680. The average molecular weight is 457 g/mol. The highest BCUT2D eigenvalue weighted by Gasteiger charge is 2.23. The average Bonchev–Trinajstić information content (AvgIpc) is 3.40. The van der Waals surface area contributed by atoms with E-state index in [9.17, 15) is 9.59 Å². The third-order valence-corrected chi connectivity index (χ3v) is 6.68. The van der Waals surface area contributed by atoms with Crippen LogP contribution in [0.5, 0.6) is 0 Å². The van der Waals surface area contributed by atoms with Crippen molar-refractivity contribution in [3.63, 3.8) is 0 Å². The van der Waals surface area contributed by atoms with Gasteiger partial charge in [-0.2, -0.15) is 0 Å². The van der Waals surface area contributed by atoms with Gasteiger partial charge in [0, 0.05) is 76.3 Å². The van der Waals surface area contributed by atoms with Gasteiger partial charge in [0.15, 0.2) is 0 Å². The number of fused-ring (bicyclic) bond motifs is 2. The summed E-state index contributed by atoms with van der Waals surface area (Å²) in [6, 6.07) is 0. The van der Waals surface area contributed by atoms with E-state index in [4.69, 9.17) is 0 Å². The molecule has 4 rings (SSSR count). The van der Waals surface area contributed by atoms with E-state index in [0.29, 0.717) is 12.8 Å². The molecule has 0 saturated carbocycles. The molecule has 0 amide bonds. The summed E-state index contributed by atoms with van der Waals surface area (Å²) in [5.74, 6) is 3.26. The van der Waals surface area contributed by atoms with Crippen molar-refractivity contribution >= 4 is 11.6 Å². The summed E-state index contributed by atoms with van der Waals surface area (Å²) in [7, 11) is 2.13. The SMILES string of the molecule is CCC(CC(C)=O)c1ncc2n1CCN(C)C2.CCC(CC(C)=O)c1ncc2n1CCNC2. The second kappa shape index (κ2) is 11.7. The highest BCUT2D eigenvalue weighted by atomic mass is 16.1. The molecule has 8 heteroatoms. The van der Waals surface area contributed by atoms with Gasteiger partial charge in [-0.3, -0.25) is 4.90 Å². The first kappa shape index (κ1) is 25.3. The Morgan fingerprint density at radius 1 is 0.909 bits per heavy atom. The highest BCUT2D eigenvalue weighted by molar-refractivity contribution is 5.76. The molecule has 2 aliphatic heterocycles. The molecular weight excluding hydrogens is 416 g/mol. The van der Waals surface area contributed by atoms with E-state index >= 15 is 0 Å². The fourth-order valence-corrected chi connectivity index (χ4v) is 4.85. The molecule has 0 aliphatic carbocycles. The van der Waals surface area contributed by atoms with Gasteiger partial charge in [0.25, 0.3) is 0 Å². The first-order valence-electron chi connectivity index (χ1n) is 12.3. The Kier molecular flexibility index (Phi) is 8.97. The molecule has 2 unspecified atom stereocenters. The van der Waals surface area contributed by atoms with Gasteiger partial charge in [0.1, 0.15) is 23.2 Å². The molecule has 0 aromatic carbocycles. The smallest absolute Gasteiger partial charge is 0.130 e. The fourth-order valence-electron chi connectivity index (χ4n) is 4.85. The van der Waals surface area contributed by atoms with E-state index < -0.39 is 0 Å². The summed E-state index contributed by atoms with van der Waals surface area (Å²) in [5, 5.41) is 3.32. The van der Waals surface area contributed by atoms with Gasteiger partial charge in [-0.1, -0.05) is 13.8 Å². The Morgan fingerprint density at radius 2 is 1.45 bits per heavy atom. The van der Waals surface area contributed by atoms with Gasteiger partial charge in [-0.25, -0.2) is 9.97 Å². The van der Waals surface area contributed by atoms with E-state index in [1.165, 1.54) is 11.4 Å². The van der Waals surface area contributed by atoms with Crippen molar-refractivity contribution in [3.05, 3.63) is 35.4 Å². The number of imidazole rings is 2. The van der Waals surface area contributed by atoms with Gasteiger partial charge in [0.05, 0.1) is 11.4 Å². The van der Waals surface area contributed by atoms with Gasteiger partial charge < -0.3 is 24.0 Å². The van der Waals surface area contributed by atoms with E-state index in [1.807, 2.05) is 12.4 Å². The van der Waals surface area contributed by atoms with Crippen LogP contribution in [0.25, 0.3) is 0 Å². The zero-order valence-electron chi connectivity index (χ0n) is 20.9. The molecule has 4 heterocycles. The molecule has 33 heavy (non-hydrogen) atoms. The summed E-state index contributed by atoms with van der Waals surface area (Å²) in [6.45, 7) is 13.4. The minimum absolute atomic E-state index is 0.248. The van der Waals surface area contributed by atoms with Crippen LogP contribution < -0.4 is 5.32 Å². The van der Waals surface area contributed by atoms with E-state index in [0.717, 1.165) is 63.8 Å². The van der Waals surface area contributed by atoms with Crippen LogP contribution in [0, 0.1) is 0 Å². The van der Waals surface area contributed by atoms with Gasteiger partial charge >= 0.3 is 0 Å². The predicted molar refractivity (Wildman–Crippen MR) is 129 cm³/mol. The summed E-state index contributed by atoms with van der Waals surface area (Å²) in [5.41, 5.74) is 2.51. The number of likely N-dealkylation sites (N-methyl/N-ethyl adjacent to an activating group) is 1. The lowest BCUT2D eigenvalue weighted by atomic mass is 9.99. The van der Waals surface area contributed by atoms with Gasteiger partial charge in [0.2, 0.25) is 0 Å². The number of nitrogens with zero attached hydrogens (tertiary/aromatic N) is 5. The zero-order valence-corrected chi connectivity index (χ0v) is 20.9. The highest BCUT2D eigenvalue weighted by Crippen LogP contribution is 2.26. The number of hydrogen-bond acceptors (Lipinski definition) is 6. The molecule has 0 bridgehead atoms. The number of nitrogens with one attached hydrogen (secondary N) is 1. The van der Waals surface area contributed by atoms with Crippen LogP contribution in [0.2, 0.25) is 0 Å². The van der Waals surface area contributed by atoms with Crippen molar-refractivity contribution in [3.8, 4) is 0 Å². The number of ketones is 2. The molecular formula is C25H40N6O2. The lowest BCUT2D eigenvalue weighted by Gasteiger charge is -2.26. The summed E-state index contributed by atoms with van der Waals surface area (Å²) >= 11 is 0. The summed E-state index contributed by atoms with van der Waals surface area (Å²) in [4.78, 5) is 33.8. The van der Waals surface area contributed by atoms with Crippen LogP contribution >= 0.6 is 0 Å². The molecule has 1 N–H and O–H groups in total. The molecule has 182 valence electrons. The first-order chi connectivity index (χ1) is 15.8. The zero-order chi connectivity index (χ0) is 24.0. The Labute approximate surface area is 197 Å². The minimum atomic E-state index is 0.248. The maximum Gasteiger partial charge on any atom is 0.130 e. The van der Waals surface area contributed by atoms with Crippen molar-refractivity contribution in [2.75, 3.05) is 20.1 Å². The molecule has 2 aliphatic rings. The van der Waals surface area contributed by atoms with Crippen LogP contribution in [0.3, 0.4) is 0 Å². The maximum atomic E-state index is 11.3. The molecule has 0 fully saturated rings. The third-order valence-electron chi connectivity index (χ3n) is 6.68. The van der Waals surface area contributed by atoms with E-state index in [-0.39, 0.29) is 23.4 Å². The molecule has 0 radical (unpaired) electrons. The Balaban J connectivity index is 0.000000186. The molecule has 0 spiro atoms. The lowest BCUT2D eigenvalue weighted by molar-refractivity contribution is -0.118. The number of Topliss-reactive ketones (excluding diaryl/α,β-unsaturated/α-hetero) is 2. The van der Waals surface area contributed by atoms with Crippen molar-refractivity contribution in [2.24, 2.45) is 0 Å². The molecule has 8 nitrogen and oxygen atoms in total. The van der Waals surface area contributed by atoms with Crippen LogP contribution in [-0.4, -0.2) is 55.7 Å². The second-order valence-electron chi connectivity index (χ2n) is 9.46. The van der Waals surface area contributed by atoms with E-state index in [1.54, 1.807) is 13.8 Å². The van der Waals surface area contributed by atoms with E-state index in [2.05, 4.69) is 50.2 Å². The number of carbonyl (C=O) groups is 2. The van der Waals surface area contributed by atoms with Gasteiger partial charge in [-0.15, -0.1) is 0 Å². The third kappa shape index (κ3) is 6.38. The first-order valence-corrected chi connectivity index (χ1v) is 12.3. The van der Waals surface area contributed by atoms with Crippen LogP contribution in [0.4, 0.5) is 0 Å². The Hall–Kier alpha value is -2.32. The number of carbonyl (C=O) groups excluding carboxylic acids is 2. The lowest BCUT2D eigenvalue weighted by Crippen LogP contribution is -2.31. The minimum Gasteiger partial charge on any atom is -0.329 e. The molecule has 2 aromatic rings. The van der Waals surface area contributed by atoms with Crippen molar-refractivity contribution in [2.45, 2.75) is 91.4 Å². The van der Waals surface area contributed by atoms with Gasteiger partial charge in [-0.05, 0) is 33.7 Å². The van der Waals surface area contributed by atoms with Crippen molar-refractivity contribution in [1.29, 1.82) is 0 Å². The maximum absolute atomic E-state index is 11.3. The van der Waals surface area contributed by atoms with Crippen LogP contribution in [0.1, 0.15) is 88.3 Å². The largest absolute Gasteiger partial charge is 0.329 e. The quantitative estimate of drug-likeness (QED) is 0.656. The Morgan fingerprint density at radius 3 is 2.00 bits per heavy atom. The predicted octanol–water partition coefficient (Wildman–Crippen LogP) is 3.26. The molecule has 2 aromatic heterocycles. The molecule has 0 saturated heterocycles. The van der Waals surface area contributed by atoms with Crippen molar-refractivity contribution in [1.82, 2.24) is 29.3 Å².